The van der Waals surface area contributed by atoms with Crippen molar-refractivity contribution in [2.24, 2.45) is 5.73 Å². The molecule has 0 unspecified atom stereocenters. The van der Waals surface area contributed by atoms with Crippen LogP contribution in [0.5, 0.6) is 0 Å². The third-order valence-corrected chi connectivity index (χ3v) is 3.93. The fraction of sp³-hybridized carbons (Fsp3) is 0.462. The number of halogens is 3. The standard InChI is InChI=1S/C13H15BrF2N2O/c14-10-7-11(15)8(5-12(10)16)6-13(19)18-3-1-9(17)2-4-18/h5,7,9H,1-4,6,17H2. The van der Waals surface area contributed by atoms with Gasteiger partial charge in [0.1, 0.15) is 11.6 Å². The summed E-state index contributed by atoms with van der Waals surface area (Å²) in [5.74, 6) is -1.33. The predicted molar refractivity (Wildman–Crippen MR) is 71.6 cm³/mol. The molecule has 0 saturated carbocycles. The van der Waals surface area contributed by atoms with Gasteiger partial charge in [-0.1, -0.05) is 0 Å². The zero-order chi connectivity index (χ0) is 14.0. The number of carbonyl (C=O) groups excluding carboxylic acids is 1. The fourth-order valence-corrected chi connectivity index (χ4v) is 2.44. The lowest BCUT2D eigenvalue weighted by Crippen LogP contribution is -2.43. The highest BCUT2D eigenvalue weighted by Crippen LogP contribution is 2.21. The Hall–Kier alpha value is -1.01. The molecule has 0 bridgehead atoms. The Morgan fingerprint density at radius 3 is 2.58 bits per heavy atom. The van der Waals surface area contributed by atoms with Crippen LogP contribution in [0.2, 0.25) is 0 Å². The van der Waals surface area contributed by atoms with Crippen LogP contribution in [0.25, 0.3) is 0 Å². The number of nitrogens with zero attached hydrogens (tertiary/aromatic N) is 1. The number of piperidine rings is 1. The van der Waals surface area contributed by atoms with Crippen molar-refractivity contribution in [1.82, 2.24) is 4.90 Å². The Labute approximate surface area is 118 Å². The van der Waals surface area contributed by atoms with Gasteiger partial charge in [-0.15, -0.1) is 0 Å². The van der Waals surface area contributed by atoms with Crippen molar-refractivity contribution in [1.29, 1.82) is 0 Å². The summed E-state index contributed by atoms with van der Waals surface area (Å²) in [6.07, 6.45) is 1.39. The van der Waals surface area contributed by atoms with E-state index in [0.717, 1.165) is 25.0 Å². The Morgan fingerprint density at radius 1 is 1.32 bits per heavy atom. The monoisotopic (exact) mass is 332 g/mol. The molecule has 2 rings (SSSR count). The number of hydrogen-bond acceptors (Lipinski definition) is 2. The van der Waals surface area contributed by atoms with E-state index in [1.54, 1.807) is 4.90 Å². The minimum atomic E-state index is -0.574. The highest BCUT2D eigenvalue weighted by atomic mass is 79.9. The molecule has 0 radical (unpaired) electrons. The highest BCUT2D eigenvalue weighted by Gasteiger charge is 2.22. The van der Waals surface area contributed by atoms with E-state index in [4.69, 9.17) is 5.73 Å². The molecule has 3 nitrogen and oxygen atoms in total. The maximum Gasteiger partial charge on any atom is 0.227 e. The van der Waals surface area contributed by atoms with Crippen molar-refractivity contribution in [2.75, 3.05) is 13.1 Å². The van der Waals surface area contributed by atoms with Gasteiger partial charge in [0.15, 0.2) is 0 Å². The molecule has 1 saturated heterocycles. The third-order valence-electron chi connectivity index (χ3n) is 3.32. The summed E-state index contributed by atoms with van der Waals surface area (Å²) >= 11 is 2.91. The molecule has 1 aromatic carbocycles. The smallest absolute Gasteiger partial charge is 0.227 e. The summed E-state index contributed by atoms with van der Waals surface area (Å²) in [7, 11) is 0. The first-order valence-corrected chi connectivity index (χ1v) is 6.93. The third kappa shape index (κ3) is 3.51. The Morgan fingerprint density at radius 2 is 1.95 bits per heavy atom. The normalized spacial score (nSPS) is 16.7. The summed E-state index contributed by atoms with van der Waals surface area (Å²) < 4.78 is 27.0. The molecule has 0 spiro atoms. The molecule has 1 amide bonds. The number of benzene rings is 1. The van der Waals surface area contributed by atoms with Crippen molar-refractivity contribution < 1.29 is 13.6 Å². The van der Waals surface area contributed by atoms with Crippen LogP contribution in [0.1, 0.15) is 18.4 Å². The predicted octanol–water partition coefficient (Wildman–Crippen LogP) is 2.22. The largest absolute Gasteiger partial charge is 0.342 e. The van der Waals surface area contributed by atoms with Crippen LogP contribution in [-0.2, 0) is 11.2 Å². The number of nitrogens with two attached hydrogens (primary N) is 1. The maximum atomic E-state index is 13.6. The zero-order valence-corrected chi connectivity index (χ0v) is 11.9. The summed E-state index contributed by atoms with van der Waals surface area (Å²) in [6.45, 7) is 1.17. The van der Waals surface area contributed by atoms with Gasteiger partial charge < -0.3 is 10.6 Å². The van der Waals surface area contributed by atoms with E-state index >= 15 is 0 Å². The van der Waals surface area contributed by atoms with Gasteiger partial charge in [-0.05, 0) is 40.9 Å². The lowest BCUT2D eigenvalue weighted by Gasteiger charge is -2.30. The number of carbonyl (C=O) groups is 1. The van der Waals surface area contributed by atoms with Crippen molar-refractivity contribution in [3.8, 4) is 0 Å². The number of rotatable bonds is 2. The van der Waals surface area contributed by atoms with E-state index in [0.29, 0.717) is 13.1 Å². The lowest BCUT2D eigenvalue weighted by molar-refractivity contribution is -0.131. The average molecular weight is 333 g/mol. The molecule has 0 aromatic heterocycles. The summed E-state index contributed by atoms with van der Waals surface area (Å²) in [6, 6.07) is 2.24. The Kier molecular flexibility index (Phi) is 4.52. The van der Waals surface area contributed by atoms with Crippen LogP contribution in [0.15, 0.2) is 16.6 Å². The van der Waals surface area contributed by atoms with E-state index in [-0.39, 0.29) is 28.4 Å². The summed E-state index contributed by atoms with van der Waals surface area (Å²) in [5.41, 5.74) is 5.84. The molecule has 1 heterocycles. The van der Waals surface area contributed by atoms with Gasteiger partial charge in [0.05, 0.1) is 10.9 Å². The topological polar surface area (TPSA) is 46.3 Å². The van der Waals surface area contributed by atoms with Crippen LogP contribution in [0.4, 0.5) is 8.78 Å². The minimum Gasteiger partial charge on any atom is -0.342 e. The van der Waals surface area contributed by atoms with Crippen molar-refractivity contribution in [2.45, 2.75) is 25.3 Å². The molecular weight excluding hydrogens is 318 g/mol. The number of likely N-dealkylation sites (tertiary alicyclic amines) is 1. The van der Waals surface area contributed by atoms with Crippen LogP contribution < -0.4 is 5.73 Å². The van der Waals surface area contributed by atoms with Gasteiger partial charge >= 0.3 is 0 Å². The molecule has 0 aliphatic carbocycles. The second-order valence-corrected chi connectivity index (χ2v) is 5.61. The van der Waals surface area contributed by atoms with Crippen molar-refractivity contribution in [3.05, 3.63) is 33.8 Å². The number of amides is 1. The SMILES string of the molecule is NC1CCN(C(=O)Cc2cc(F)c(Br)cc2F)CC1. The zero-order valence-electron chi connectivity index (χ0n) is 10.3. The van der Waals surface area contributed by atoms with E-state index < -0.39 is 11.6 Å². The van der Waals surface area contributed by atoms with Gasteiger partial charge in [0.2, 0.25) is 5.91 Å². The molecular formula is C13H15BrF2N2O. The number of hydrogen-bond donors (Lipinski definition) is 1. The van der Waals surface area contributed by atoms with Crippen molar-refractivity contribution >= 4 is 21.8 Å². The first kappa shape index (κ1) is 14.4. The van der Waals surface area contributed by atoms with Crippen molar-refractivity contribution in [3.63, 3.8) is 0 Å². The summed E-state index contributed by atoms with van der Waals surface area (Å²) in [5, 5.41) is 0. The first-order valence-electron chi connectivity index (χ1n) is 6.14. The van der Waals surface area contributed by atoms with Crippen LogP contribution in [0, 0.1) is 11.6 Å². The average Bonchev–Trinajstić information content (AvgIpc) is 2.36. The fourth-order valence-electron chi connectivity index (χ4n) is 2.12. The molecule has 6 heteroatoms. The van der Waals surface area contributed by atoms with Gasteiger partial charge in [0.25, 0.3) is 0 Å². The molecule has 1 aromatic rings. The molecule has 19 heavy (non-hydrogen) atoms. The second-order valence-electron chi connectivity index (χ2n) is 4.75. The molecule has 2 N–H and O–H groups in total. The molecule has 1 aliphatic rings. The molecule has 1 aliphatic heterocycles. The van der Waals surface area contributed by atoms with E-state index in [1.807, 2.05) is 0 Å². The molecule has 1 fully saturated rings. The second kappa shape index (κ2) is 5.96. The highest BCUT2D eigenvalue weighted by molar-refractivity contribution is 9.10. The Balaban J connectivity index is 2.05. The van der Waals surface area contributed by atoms with Crippen LogP contribution in [0.3, 0.4) is 0 Å². The van der Waals surface area contributed by atoms with Gasteiger partial charge in [0, 0.05) is 24.7 Å². The molecule has 104 valence electrons. The van der Waals surface area contributed by atoms with E-state index in [2.05, 4.69) is 15.9 Å². The van der Waals surface area contributed by atoms with Gasteiger partial charge in [-0.25, -0.2) is 8.78 Å². The van der Waals surface area contributed by atoms with Crippen LogP contribution in [-0.4, -0.2) is 29.9 Å². The summed E-state index contributed by atoms with van der Waals surface area (Å²) in [4.78, 5) is 13.7. The van der Waals surface area contributed by atoms with Gasteiger partial charge in [-0.2, -0.15) is 0 Å². The lowest BCUT2D eigenvalue weighted by atomic mass is 10.0. The first-order chi connectivity index (χ1) is 8.97. The van der Waals surface area contributed by atoms with Crippen LogP contribution >= 0.6 is 15.9 Å². The van der Waals surface area contributed by atoms with E-state index in [9.17, 15) is 13.6 Å². The van der Waals surface area contributed by atoms with Gasteiger partial charge in [-0.3, -0.25) is 4.79 Å². The molecule has 0 atom stereocenters. The minimum absolute atomic E-state index is 0.0603. The Bertz CT molecular complexity index is 488. The maximum absolute atomic E-state index is 13.6. The quantitative estimate of drug-likeness (QED) is 0.844. The van der Waals surface area contributed by atoms with E-state index in [1.165, 1.54) is 0 Å².